The first-order chi connectivity index (χ1) is 15.3. The van der Waals surface area contributed by atoms with E-state index >= 15 is 0 Å². The minimum absolute atomic E-state index is 0.225. The number of ether oxygens (including phenoxy) is 2. The summed E-state index contributed by atoms with van der Waals surface area (Å²) < 4.78 is 12.3. The average molecular weight is 461 g/mol. The van der Waals surface area contributed by atoms with Crippen molar-refractivity contribution in [3.8, 4) is 11.5 Å². The number of nitrogens with one attached hydrogen (secondary N) is 1. The zero-order chi connectivity index (χ0) is 23.3. The van der Waals surface area contributed by atoms with E-state index in [1.807, 2.05) is 0 Å². The van der Waals surface area contributed by atoms with Crippen LogP contribution in [-0.4, -0.2) is 41.0 Å². The van der Waals surface area contributed by atoms with Gasteiger partial charge in [0, 0.05) is 12.6 Å². The summed E-state index contributed by atoms with van der Waals surface area (Å²) in [5.74, 6) is 0.341. The van der Waals surface area contributed by atoms with Crippen LogP contribution in [0, 0.1) is 0 Å². The number of fused-ring (bicyclic) bond motifs is 1. The van der Waals surface area contributed by atoms with Crippen molar-refractivity contribution in [2.45, 2.75) is 56.0 Å². The Labute approximate surface area is 190 Å². The van der Waals surface area contributed by atoms with Crippen LogP contribution >= 0.6 is 11.8 Å². The van der Waals surface area contributed by atoms with Crippen LogP contribution in [0.2, 0.25) is 0 Å². The van der Waals surface area contributed by atoms with Crippen molar-refractivity contribution in [3.05, 3.63) is 34.1 Å². The minimum atomic E-state index is -0.924. The highest BCUT2D eigenvalue weighted by molar-refractivity contribution is 8.00. The Hall–Kier alpha value is -3.01. The SMILES string of the molecule is COc1cc2nc(S[C@H](C)C(=O)NC(N)=O)n(CCC3=CCCCC3)c(=O)c2cc1OC. The van der Waals surface area contributed by atoms with Crippen molar-refractivity contribution in [1.29, 1.82) is 0 Å². The van der Waals surface area contributed by atoms with Crippen molar-refractivity contribution in [1.82, 2.24) is 14.9 Å². The van der Waals surface area contributed by atoms with Crippen LogP contribution in [0.4, 0.5) is 4.79 Å². The van der Waals surface area contributed by atoms with E-state index in [0.29, 0.717) is 34.1 Å². The summed E-state index contributed by atoms with van der Waals surface area (Å²) in [4.78, 5) is 41.4. The van der Waals surface area contributed by atoms with Gasteiger partial charge < -0.3 is 15.2 Å². The lowest BCUT2D eigenvalue weighted by Gasteiger charge is -2.18. The maximum Gasteiger partial charge on any atom is 0.318 e. The maximum atomic E-state index is 13.4. The molecule has 172 valence electrons. The highest BCUT2D eigenvalue weighted by atomic mass is 32.2. The summed E-state index contributed by atoms with van der Waals surface area (Å²) in [6.45, 7) is 2.07. The molecule has 32 heavy (non-hydrogen) atoms. The molecule has 1 atom stereocenters. The van der Waals surface area contributed by atoms with Gasteiger partial charge in [0.2, 0.25) is 5.91 Å². The van der Waals surface area contributed by atoms with Crippen molar-refractivity contribution < 1.29 is 19.1 Å². The number of nitrogens with zero attached hydrogens (tertiary/aromatic N) is 2. The second kappa shape index (κ2) is 10.5. The van der Waals surface area contributed by atoms with E-state index in [1.54, 1.807) is 23.6 Å². The van der Waals surface area contributed by atoms with Crippen LogP contribution in [0.25, 0.3) is 10.9 Å². The largest absolute Gasteiger partial charge is 0.493 e. The first kappa shape index (κ1) is 23.6. The number of amides is 3. The van der Waals surface area contributed by atoms with E-state index in [2.05, 4.69) is 16.4 Å². The molecule has 1 heterocycles. The lowest BCUT2D eigenvalue weighted by Crippen LogP contribution is -2.39. The molecule has 0 bridgehead atoms. The molecule has 3 N–H and O–H groups in total. The average Bonchev–Trinajstić information content (AvgIpc) is 2.78. The Bertz CT molecular complexity index is 1110. The van der Waals surface area contributed by atoms with Crippen LogP contribution in [0.1, 0.15) is 39.0 Å². The zero-order valence-electron chi connectivity index (χ0n) is 18.5. The van der Waals surface area contributed by atoms with Gasteiger partial charge in [0.25, 0.3) is 5.56 Å². The number of aromatic nitrogens is 2. The summed E-state index contributed by atoms with van der Waals surface area (Å²) in [7, 11) is 3.02. The van der Waals surface area contributed by atoms with E-state index in [4.69, 9.17) is 15.2 Å². The molecule has 0 aliphatic heterocycles. The number of primary amides is 1. The molecule has 1 aromatic carbocycles. The monoisotopic (exact) mass is 460 g/mol. The van der Waals surface area contributed by atoms with Crippen LogP contribution in [-0.2, 0) is 11.3 Å². The third-order valence-corrected chi connectivity index (χ3v) is 6.45. The second-order valence-corrected chi connectivity index (χ2v) is 8.86. The fraction of sp³-hybridized carbons (Fsp3) is 0.455. The number of rotatable bonds is 8. The molecule has 1 aromatic heterocycles. The molecular formula is C22H28N4O5S. The smallest absolute Gasteiger partial charge is 0.318 e. The second-order valence-electron chi connectivity index (χ2n) is 7.55. The topological polar surface area (TPSA) is 126 Å². The van der Waals surface area contributed by atoms with Gasteiger partial charge in [0.05, 0.1) is 30.4 Å². The van der Waals surface area contributed by atoms with E-state index in [1.165, 1.54) is 26.2 Å². The quantitative estimate of drug-likeness (QED) is 0.352. The lowest BCUT2D eigenvalue weighted by molar-refractivity contribution is -0.119. The molecule has 1 aliphatic rings. The molecule has 1 aliphatic carbocycles. The number of carbonyl (C=O) groups is 2. The Kier molecular flexibility index (Phi) is 7.79. The number of hydrogen-bond acceptors (Lipinski definition) is 7. The van der Waals surface area contributed by atoms with Crippen LogP contribution in [0.15, 0.2) is 33.7 Å². The fourth-order valence-corrected chi connectivity index (χ4v) is 4.57. The molecular weight excluding hydrogens is 432 g/mol. The van der Waals surface area contributed by atoms with Gasteiger partial charge in [-0.1, -0.05) is 23.4 Å². The number of allylic oxidation sites excluding steroid dienone is 2. The zero-order valence-corrected chi connectivity index (χ0v) is 19.3. The molecule has 9 nitrogen and oxygen atoms in total. The van der Waals surface area contributed by atoms with Crippen LogP contribution < -0.4 is 26.1 Å². The van der Waals surface area contributed by atoms with Gasteiger partial charge in [-0.05, 0) is 45.1 Å². The van der Waals surface area contributed by atoms with Gasteiger partial charge in [-0.2, -0.15) is 0 Å². The normalized spacial score (nSPS) is 14.5. The highest BCUT2D eigenvalue weighted by Crippen LogP contribution is 2.32. The van der Waals surface area contributed by atoms with Gasteiger partial charge in [0.15, 0.2) is 16.7 Å². The molecule has 0 spiro atoms. The number of methoxy groups -OCH3 is 2. The van der Waals surface area contributed by atoms with Crippen molar-refractivity contribution in [2.75, 3.05) is 14.2 Å². The summed E-state index contributed by atoms with van der Waals surface area (Å²) in [5, 5.41) is 2.17. The molecule has 0 fully saturated rings. The molecule has 3 rings (SSSR count). The Morgan fingerprint density at radius 3 is 2.59 bits per heavy atom. The minimum Gasteiger partial charge on any atom is -0.493 e. The molecule has 2 aromatic rings. The first-order valence-electron chi connectivity index (χ1n) is 10.5. The highest BCUT2D eigenvalue weighted by Gasteiger charge is 2.21. The number of urea groups is 1. The number of thioether (sulfide) groups is 1. The predicted octanol–water partition coefficient (Wildman–Crippen LogP) is 2.98. The van der Waals surface area contributed by atoms with Crippen molar-refractivity contribution in [3.63, 3.8) is 0 Å². The molecule has 0 radical (unpaired) electrons. The van der Waals surface area contributed by atoms with E-state index in [-0.39, 0.29) is 5.56 Å². The van der Waals surface area contributed by atoms with Gasteiger partial charge in [0.1, 0.15) is 0 Å². The van der Waals surface area contributed by atoms with Gasteiger partial charge in [-0.15, -0.1) is 0 Å². The van der Waals surface area contributed by atoms with Crippen molar-refractivity contribution in [2.24, 2.45) is 5.73 Å². The summed E-state index contributed by atoms with van der Waals surface area (Å²) in [5.41, 5.74) is 6.60. The Morgan fingerprint density at radius 1 is 1.25 bits per heavy atom. The number of imide groups is 1. The fourth-order valence-electron chi connectivity index (χ4n) is 3.64. The van der Waals surface area contributed by atoms with Crippen LogP contribution in [0.5, 0.6) is 11.5 Å². The number of benzene rings is 1. The van der Waals surface area contributed by atoms with Crippen molar-refractivity contribution >= 4 is 34.6 Å². The molecule has 10 heteroatoms. The standard InChI is InChI=1S/C22H28N4O5S/c1-13(19(27)25-21(23)29)32-22-24-16-12-18(31-3)17(30-2)11-15(16)20(28)26(22)10-9-14-7-5-4-6-8-14/h7,11-13H,4-6,8-10H2,1-3H3,(H3,23,25,27,29)/t13-/m1/s1. The molecule has 0 saturated carbocycles. The molecule has 0 saturated heterocycles. The molecule has 3 amide bonds. The predicted molar refractivity (Wildman–Crippen MR) is 123 cm³/mol. The third kappa shape index (κ3) is 5.42. The Balaban J connectivity index is 2.04. The van der Waals surface area contributed by atoms with Gasteiger partial charge in [-0.25, -0.2) is 9.78 Å². The number of hydrogen-bond donors (Lipinski definition) is 2. The summed E-state index contributed by atoms with van der Waals surface area (Å²) in [6.07, 6.45) is 7.40. The lowest BCUT2D eigenvalue weighted by atomic mass is 9.97. The molecule has 0 unspecified atom stereocenters. The summed E-state index contributed by atoms with van der Waals surface area (Å²) >= 11 is 1.10. The van der Waals surface area contributed by atoms with Gasteiger partial charge >= 0.3 is 6.03 Å². The summed E-state index contributed by atoms with van der Waals surface area (Å²) in [6, 6.07) is 2.34. The number of carbonyl (C=O) groups excluding carboxylic acids is 2. The number of nitrogens with two attached hydrogens (primary N) is 1. The van der Waals surface area contributed by atoms with E-state index < -0.39 is 17.2 Å². The van der Waals surface area contributed by atoms with E-state index in [0.717, 1.165) is 37.4 Å². The maximum absolute atomic E-state index is 13.4. The van der Waals surface area contributed by atoms with E-state index in [9.17, 15) is 14.4 Å². The first-order valence-corrected chi connectivity index (χ1v) is 11.3. The third-order valence-electron chi connectivity index (χ3n) is 5.36. The Morgan fingerprint density at radius 2 is 1.97 bits per heavy atom. The van der Waals surface area contributed by atoms with Crippen LogP contribution in [0.3, 0.4) is 0 Å². The van der Waals surface area contributed by atoms with Gasteiger partial charge in [-0.3, -0.25) is 19.5 Å².